The first kappa shape index (κ1) is 17.7. The maximum atomic E-state index is 12.0. The predicted octanol–water partition coefficient (Wildman–Crippen LogP) is 2.63. The van der Waals surface area contributed by atoms with Crippen molar-refractivity contribution in [1.82, 2.24) is 19.6 Å². The van der Waals surface area contributed by atoms with Crippen molar-refractivity contribution in [2.24, 2.45) is 5.92 Å². The third-order valence-corrected chi connectivity index (χ3v) is 4.65. The molecule has 0 fully saturated rings. The van der Waals surface area contributed by atoms with Crippen LogP contribution in [0.5, 0.6) is 0 Å². The number of carbonyl (C=O) groups excluding carboxylic acids is 1. The fraction of sp³-hybridized carbons (Fsp3) is 0.500. The van der Waals surface area contributed by atoms with Gasteiger partial charge < -0.3 is 9.80 Å². The summed E-state index contributed by atoms with van der Waals surface area (Å²) in [6.45, 7) is 7.89. The molecule has 1 aliphatic heterocycles. The molecule has 0 saturated carbocycles. The molecule has 5 nitrogen and oxygen atoms in total. The number of fused-ring (bicyclic) bond motifs is 1. The Morgan fingerprint density at radius 2 is 1.84 bits per heavy atom. The third kappa shape index (κ3) is 4.10. The Morgan fingerprint density at radius 3 is 2.48 bits per heavy atom. The van der Waals surface area contributed by atoms with Gasteiger partial charge in [-0.1, -0.05) is 13.8 Å². The number of hydrogen-bond donors (Lipinski definition) is 0. The van der Waals surface area contributed by atoms with Crippen LogP contribution < -0.4 is 0 Å². The molecular formula is C20H28N4O. The van der Waals surface area contributed by atoms with E-state index in [1.807, 2.05) is 28.9 Å². The number of benzene rings is 1. The summed E-state index contributed by atoms with van der Waals surface area (Å²) >= 11 is 0. The molecule has 0 saturated heterocycles. The van der Waals surface area contributed by atoms with Crippen LogP contribution in [0.1, 0.15) is 35.5 Å². The Bertz CT molecular complexity index is 705. The van der Waals surface area contributed by atoms with Crippen LogP contribution in [-0.4, -0.2) is 59.2 Å². The van der Waals surface area contributed by atoms with Gasteiger partial charge in [0.25, 0.3) is 5.91 Å². The summed E-state index contributed by atoms with van der Waals surface area (Å²) in [4.78, 5) is 16.1. The van der Waals surface area contributed by atoms with E-state index in [-0.39, 0.29) is 5.91 Å². The standard InChI is InChI=1S/C20H28N4O/c1-15(2)13-23-11-9-17-14-24(21-19(17)10-12-23)18-7-5-16(6-8-18)20(25)22(3)4/h5-8,14-15H,9-13H2,1-4H3. The molecule has 3 rings (SSSR count). The molecule has 1 aromatic heterocycles. The van der Waals surface area contributed by atoms with Gasteiger partial charge >= 0.3 is 0 Å². The van der Waals surface area contributed by atoms with Gasteiger partial charge in [0.1, 0.15) is 0 Å². The van der Waals surface area contributed by atoms with Crippen LogP contribution in [0.4, 0.5) is 0 Å². The molecule has 1 aliphatic rings. The van der Waals surface area contributed by atoms with E-state index in [1.165, 1.54) is 11.3 Å². The number of nitrogens with zero attached hydrogens (tertiary/aromatic N) is 4. The van der Waals surface area contributed by atoms with Crippen LogP contribution in [-0.2, 0) is 12.8 Å². The lowest BCUT2D eigenvalue weighted by molar-refractivity contribution is 0.0827. The molecule has 1 amide bonds. The maximum absolute atomic E-state index is 12.0. The van der Waals surface area contributed by atoms with Crippen molar-refractivity contribution in [3.63, 3.8) is 0 Å². The number of carbonyl (C=O) groups is 1. The summed E-state index contributed by atoms with van der Waals surface area (Å²) in [5, 5.41) is 4.80. The normalized spacial score (nSPS) is 15.1. The van der Waals surface area contributed by atoms with E-state index >= 15 is 0 Å². The van der Waals surface area contributed by atoms with E-state index in [2.05, 4.69) is 24.9 Å². The summed E-state index contributed by atoms with van der Waals surface area (Å²) in [5.74, 6) is 0.724. The van der Waals surface area contributed by atoms with E-state index < -0.39 is 0 Å². The van der Waals surface area contributed by atoms with Gasteiger partial charge in [-0.05, 0) is 42.2 Å². The summed E-state index contributed by atoms with van der Waals surface area (Å²) in [5.41, 5.74) is 4.26. The van der Waals surface area contributed by atoms with Gasteiger partial charge in [0.15, 0.2) is 0 Å². The monoisotopic (exact) mass is 340 g/mol. The minimum atomic E-state index is 0.0213. The van der Waals surface area contributed by atoms with Crippen LogP contribution >= 0.6 is 0 Å². The van der Waals surface area contributed by atoms with Crippen LogP contribution in [0, 0.1) is 5.92 Å². The highest BCUT2D eigenvalue weighted by molar-refractivity contribution is 5.94. The van der Waals surface area contributed by atoms with Crippen molar-refractivity contribution >= 4 is 5.91 Å². The van der Waals surface area contributed by atoms with Crippen LogP contribution in [0.2, 0.25) is 0 Å². The Morgan fingerprint density at radius 1 is 1.16 bits per heavy atom. The second-order valence-corrected chi connectivity index (χ2v) is 7.49. The SMILES string of the molecule is CC(C)CN1CCc2cn(-c3ccc(C(=O)N(C)C)cc3)nc2CC1. The van der Waals surface area contributed by atoms with Gasteiger partial charge in [-0.2, -0.15) is 5.10 Å². The highest BCUT2D eigenvalue weighted by Gasteiger charge is 2.18. The van der Waals surface area contributed by atoms with E-state index in [9.17, 15) is 4.79 Å². The quantitative estimate of drug-likeness (QED) is 0.859. The molecule has 0 unspecified atom stereocenters. The molecule has 5 heteroatoms. The van der Waals surface area contributed by atoms with Crippen molar-refractivity contribution in [3.05, 3.63) is 47.3 Å². The van der Waals surface area contributed by atoms with Gasteiger partial charge in [-0.15, -0.1) is 0 Å². The average Bonchev–Trinajstić information content (AvgIpc) is 2.91. The molecule has 0 spiro atoms. The zero-order valence-corrected chi connectivity index (χ0v) is 15.7. The molecule has 1 aromatic carbocycles. The number of rotatable bonds is 4. The first-order valence-corrected chi connectivity index (χ1v) is 9.06. The van der Waals surface area contributed by atoms with Crippen molar-refractivity contribution in [2.45, 2.75) is 26.7 Å². The smallest absolute Gasteiger partial charge is 0.253 e. The Kier molecular flexibility index (Phi) is 5.23. The minimum Gasteiger partial charge on any atom is -0.345 e. The molecule has 0 atom stereocenters. The lowest BCUT2D eigenvalue weighted by atomic mass is 10.1. The van der Waals surface area contributed by atoms with E-state index in [0.29, 0.717) is 11.5 Å². The van der Waals surface area contributed by atoms with E-state index in [1.54, 1.807) is 19.0 Å². The molecule has 0 bridgehead atoms. The fourth-order valence-corrected chi connectivity index (χ4v) is 3.37. The van der Waals surface area contributed by atoms with Gasteiger partial charge in [0.2, 0.25) is 0 Å². The van der Waals surface area contributed by atoms with Crippen molar-refractivity contribution in [1.29, 1.82) is 0 Å². The summed E-state index contributed by atoms with van der Waals surface area (Å²) in [6.07, 6.45) is 4.21. The van der Waals surface area contributed by atoms with E-state index in [0.717, 1.165) is 38.2 Å². The molecule has 134 valence electrons. The topological polar surface area (TPSA) is 41.4 Å². The Labute approximate surface area is 150 Å². The highest BCUT2D eigenvalue weighted by Crippen LogP contribution is 2.18. The van der Waals surface area contributed by atoms with Crippen molar-refractivity contribution < 1.29 is 4.79 Å². The molecule has 2 aromatic rings. The van der Waals surface area contributed by atoms with E-state index in [4.69, 9.17) is 5.10 Å². The highest BCUT2D eigenvalue weighted by atomic mass is 16.2. The summed E-state index contributed by atoms with van der Waals surface area (Å²) in [7, 11) is 3.53. The number of hydrogen-bond acceptors (Lipinski definition) is 3. The van der Waals surface area contributed by atoms with Crippen LogP contribution in [0.25, 0.3) is 5.69 Å². The lowest BCUT2D eigenvalue weighted by Crippen LogP contribution is -2.30. The first-order chi connectivity index (χ1) is 11.9. The summed E-state index contributed by atoms with van der Waals surface area (Å²) < 4.78 is 1.95. The minimum absolute atomic E-state index is 0.0213. The lowest BCUT2D eigenvalue weighted by Gasteiger charge is -2.21. The summed E-state index contributed by atoms with van der Waals surface area (Å²) in [6, 6.07) is 7.67. The van der Waals surface area contributed by atoms with Crippen LogP contribution in [0.3, 0.4) is 0 Å². The second-order valence-electron chi connectivity index (χ2n) is 7.49. The fourth-order valence-electron chi connectivity index (χ4n) is 3.37. The van der Waals surface area contributed by atoms with Gasteiger partial charge in [0, 0.05) is 51.9 Å². The first-order valence-electron chi connectivity index (χ1n) is 9.06. The molecule has 2 heterocycles. The number of amides is 1. The molecule has 0 radical (unpaired) electrons. The second kappa shape index (κ2) is 7.40. The zero-order chi connectivity index (χ0) is 18.0. The average molecular weight is 340 g/mol. The van der Waals surface area contributed by atoms with Crippen molar-refractivity contribution in [3.8, 4) is 5.69 Å². The Hall–Kier alpha value is -2.14. The zero-order valence-electron chi connectivity index (χ0n) is 15.7. The third-order valence-electron chi connectivity index (χ3n) is 4.65. The molecular weight excluding hydrogens is 312 g/mol. The van der Waals surface area contributed by atoms with Gasteiger partial charge in [-0.3, -0.25) is 4.79 Å². The number of aromatic nitrogens is 2. The molecule has 0 aliphatic carbocycles. The van der Waals surface area contributed by atoms with Gasteiger partial charge in [-0.25, -0.2) is 4.68 Å². The molecule has 0 N–H and O–H groups in total. The van der Waals surface area contributed by atoms with Gasteiger partial charge in [0.05, 0.1) is 11.4 Å². The molecule has 25 heavy (non-hydrogen) atoms. The predicted molar refractivity (Wildman–Crippen MR) is 100 cm³/mol. The Balaban J connectivity index is 1.73. The van der Waals surface area contributed by atoms with Crippen molar-refractivity contribution in [2.75, 3.05) is 33.7 Å². The maximum Gasteiger partial charge on any atom is 0.253 e. The van der Waals surface area contributed by atoms with Crippen LogP contribution in [0.15, 0.2) is 30.5 Å². The largest absolute Gasteiger partial charge is 0.345 e.